The molecule has 25 heavy (non-hydrogen) atoms. The van der Waals surface area contributed by atoms with Gasteiger partial charge < -0.3 is 15.0 Å². The van der Waals surface area contributed by atoms with Crippen LogP contribution in [-0.2, 0) is 12.1 Å². The van der Waals surface area contributed by atoms with Gasteiger partial charge in [-0.1, -0.05) is 12.1 Å². The Kier molecular flexibility index (Phi) is 3.79. The molecule has 2 fully saturated rings. The van der Waals surface area contributed by atoms with Crippen LogP contribution < -0.4 is 10.1 Å². The van der Waals surface area contributed by atoms with Crippen LogP contribution in [0.2, 0.25) is 0 Å². The predicted octanol–water partition coefficient (Wildman–Crippen LogP) is 2.62. The Bertz CT molecular complexity index is 757. The third-order valence-electron chi connectivity index (χ3n) is 6.02. The highest BCUT2D eigenvalue weighted by Crippen LogP contribution is 2.48. The number of nitrogens with one attached hydrogen (secondary N) is 1. The SMILES string of the molecule is c1ccc2c(c1)OC1(CCNCC1)c1cnn(CCN3CCCC3)c1-2. The lowest BCUT2D eigenvalue weighted by Gasteiger charge is -2.41. The van der Waals surface area contributed by atoms with E-state index in [1.54, 1.807) is 0 Å². The first-order valence-corrected chi connectivity index (χ1v) is 9.64. The van der Waals surface area contributed by atoms with Gasteiger partial charge in [0.25, 0.3) is 0 Å². The summed E-state index contributed by atoms with van der Waals surface area (Å²) >= 11 is 0. The second kappa shape index (κ2) is 6.15. The molecule has 3 aliphatic heterocycles. The van der Waals surface area contributed by atoms with Crippen molar-refractivity contribution in [2.24, 2.45) is 0 Å². The summed E-state index contributed by atoms with van der Waals surface area (Å²) in [5.41, 5.74) is 3.55. The van der Waals surface area contributed by atoms with E-state index in [0.29, 0.717) is 0 Å². The van der Waals surface area contributed by atoms with E-state index in [-0.39, 0.29) is 5.60 Å². The van der Waals surface area contributed by atoms with Crippen molar-refractivity contribution in [1.82, 2.24) is 20.0 Å². The molecule has 0 radical (unpaired) electrons. The van der Waals surface area contributed by atoms with Crippen molar-refractivity contribution in [3.63, 3.8) is 0 Å². The number of ether oxygens (including phenoxy) is 1. The van der Waals surface area contributed by atoms with E-state index in [1.807, 2.05) is 0 Å². The Morgan fingerprint density at radius 1 is 1.08 bits per heavy atom. The van der Waals surface area contributed by atoms with Crippen LogP contribution in [0, 0.1) is 0 Å². The molecule has 0 amide bonds. The molecule has 1 N–H and O–H groups in total. The van der Waals surface area contributed by atoms with Crippen LogP contribution in [0.25, 0.3) is 11.3 Å². The van der Waals surface area contributed by atoms with Gasteiger partial charge in [-0.3, -0.25) is 4.68 Å². The average molecular weight is 338 g/mol. The molecular weight excluding hydrogens is 312 g/mol. The molecular formula is C20H26N4O. The van der Waals surface area contributed by atoms with Crippen molar-refractivity contribution in [2.45, 2.75) is 37.8 Å². The largest absolute Gasteiger partial charge is 0.482 e. The Hall–Kier alpha value is -1.85. The summed E-state index contributed by atoms with van der Waals surface area (Å²) < 4.78 is 8.80. The summed E-state index contributed by atoms with van der Waals surface area (Å²) in [4.78, 5) is 2.56. The van der Waals surface area contributed by atoms with Crippen LogP contribution in [0.4, 0.5) is 0 Å². The molecule has 1 aromatic carbocycles. The fourth-order valence-corrected chi connectivity index (χ4v) is 4.63. The standard InChI is InChI=1S/C20H26N4O/c1-2-6-18-16(5-1)19-17(20(25-18)7-9-21-10-8-20)15-22-24(19)14-13-23-11-3-4-12-23/h1-2,5-6,15,21H,3-4,7-14H2. The zero-order valence-corrected chi connectivity index (χ0v) is 14.7. The van der Waals surface area contributed by atoms with Crippen molar-refractivity contribution in [2.75, 3.05) is 32.7 Å². The molecule has 0 aliphatic carbocycles. The van der Waals surface area contributed by atoms with Gasteiger partial charge in [-0.25, -0.2) is 0 Å². The second-order valence-electron chi connectivity index (χ2n) is 7.52. The number of para-hydroxylation sites is 1. The molecule has 2 saturated heterocycles. The summed E-state index contributed by atoms with van der Waals surface area (Å²) in [5.74, 6) is 1.01. The first-order valence-electron chi connectivity index (χ1n) is 9.64. The molecule has 5 rings (SSSR count). The van der Waals surface area contributed by atoms with Crippen LogP contribution >= 0.6 is 0 Å². The van der Waals surface area contributed by atoms with E-state index in [2.05, 4.69) is 45.4 Å². The van der Waals surface area contributed by atoms with Gasteiger partial charge in [0, 0.05) is 30.5 Å². The van der Waals surface area contributed by atoms with Gasteiger partial charge in [-0.15, -0.1) is 0 Å². The van der Waals surface area contributed by atoms with Crippen LogP contribution in [0.15, 0.2) is 30.5 Å². The summed E-state index contributed by atoms with van der Waals surface area (Å²) in [6, 6.07) is 8.46. The third kappa shape index (κ3) is 2.57. The molecule has 5 heteroatoms. The van der Waals surface area contributed by atoms with Gasteiger partial charge in [0.15, 0.2) is 0 Å². The van der Waals surface area contributed by atoms with Gasteiger partial charge in [0.1, 0.15) is 11.4 Å². The zero-order valence-electron chi connectivity index (χ0n) is 14.7. The molecule has 0 atom stereocenters. The first kappa shape index (κ1) is 15.4. The zero-order chi connectivity index (χ0) is 16.7. The second-order valence-corrected chi connectivity index (χ2v) is 7.52. The highest BCUT2D eigenvalue weighted by atomic mass is 16.5. The van der Waals surface area contributed by atoms with E-state index in [4.69, 9.17) is 9.84 Å². The van der Waals surface area contributed by atoms with Gasteiger partial charge in [-0.2, -0.15) is 5.10 Å². The number of rotatable bonds is 3. The van der Waals surface area contributed by atoms with Crippen LogP contribution in [0.1, 0.15) is 31.2 Å². The number of piperidine rings is 1. The van der Waals surface area contributed by atoms with Crippen molar-refractivity contribution >= 4 is 0 Å². The van der Waals surface area contributed by atoms with Crippen LogP contribution in [0.3, 0.4) is 0 Å². The highest BCUT2D eigenvalue weighted by Gasteiger charge is 2.43. The number of benzene rings is 1. The molecule has 0 saturated carbocycles. The van der Waals surface area contributed by atoms with E-state index >= 15 is 0 Å². The topological polar surface area (TPSA) is 42.3 Å². The monoisotopic (exact) mass is 338 g/mol. The lowest BCUT2D eigenvalue weighted by atomic mass is 9.81. The summed E-state index contributed by atoms with van der Waals surface area (Å²) in [6.07, 6.45) is 6.76. The minimum absolute atomic E-state index is 0.208. The van der Waals surface area contributed by atoms with Crippen molar-refractivity contribution in [1.29, 1.82) is 0 Å². The molecule has 4 heterocycles. The maximum atomic E-state index is 6.57. The molecule has 0 unspecified atom stereocenters. The van der Waals surface area contributed by atoms with Gasteiger partial charge in [0.05, 0.1) is 18.4 Å². The van der Waals surface area contributed by atoms with Gasteiger partial charge in [-0.05, 0) is 51.2 Å². The predicted molar refractivity (Wildman–Crippen MR) is 97.7 cm³/mol. The number of hydrogen-bond acceptors (Lipinski definition) is 4. The number of nitrogens with zero attached hydrogens (tertiary/aromatic N) is 3. The normalized spacial score (nSPS) is 21.8. The fourth-order valence-electron chi connectivity index (χ4n) is 4.63. The summed E-state index contributed by atoms with van der Waals surface area (Å²) in [5, 5.41) is 8.26. The molecule has 5 nitrogen and oxygen atoms in total. The third-order valence-corrected chi connectivity index (χ3v) is 6.02. The first-order chi connectivity index (χ1) is 12.4. The van der Waals surface area contributed by atoms with E-state index in [1.165, 1.54) is 42.8 Å². The Morgan fingerprint density at radius 3 is 2.72 bits per heavy atom. The maximum Gasteiger partial charge on any atom is 0.140 e. The Morgan fingerprint density at radius 2 is 1.88 bits per heavy atom. The Balaban J connectivity index is 1.53. The van der Waals surface area contributed by atoms with Gasteiger partial charge in [0.2, 0.25) is 0 Å². The summed E-state index contributed by atoms with van der Waals surface area (Å²) in [6.45, 7) is 6.52. The Labute approximate surface area is 149 Å². The molecule has 1 spiro atoms. The van der Waals surface area contributed by atoms with Gasteiger partial charge >= 0.3 is 0 Å². The van der Waals surface area contributed by atoms with Crippen LogP contribution in [0.5, 0.6) is 5.75 Å². The molecule has 132 valence electrons. The molecule has 0 bridgehead atoms. The lowest BCUT2D eigenvalue weighted by Crippen LogP contribution is -2.45. The fraction of sp³-hybridized carbons (Fsp3) is 0.550. The average Bonchev–Trinajstić information content (AvgIpc) is 3.31. The number of aromatic nitrogens is 2. The number of hydrogen-bond donors (Lipinski definition) is 1. The number of likely N-dealkylation sites (tertiary alicyclic amines) is 1. The highest BCUT2D eigenvalue weighted by molar-refractivity contribution is 5.73. The molecule has 2 aromatic rings. The minimum Gasteiger partial charge on any atom is -0.482 e. The molecule has 1 aromatic heterocycles. The smallest absolute Gasteiger partial charge is 0.140 e. The maximum absolute atomic E-state index is 6.57. The number of fused-ring (bicyclic) bond motifs is 4. The van der Waals surface area contributed by atoms with E-state index < -0.39 is 0 Å². The van der Waals surface area contributed by atoms with E-state index in [0.717, 1.165) is 44.8 Å². The quantitative estimate of drug-likeness (QED) is 0.934. The van der Waals surface area contributed by atoms with E-state index in [9.17, 15) is 0 Å². The van der Waals surface area contributed by atoms with Crippen LogP contribution in [-0.4, -0.2) is 47.4 Å². The van der Waals surface area contributed by atoms with Crippen molar-refractivity contribution in [3.8, 4) is 17.0 Å². The van der Waals surface area contributed by atoms with Crippen molar-refractivity contribution < 1.29 is 4.74 Å². The minimum atomic E-state index is -0.208. The summed E-state index contributed by atoms with van der Waals surface area (Å²) in [7, 11) is 0. The lowest BCUT2D eigenvalue weighted by molar-refractivity contribution is 0.0306. The molecule has 3 aliphatic rings. The van der Waals surface area contributed by atoms with Crippen molar-refractivity contribution in [3.05, 3.63) is 36.0 Å².